The zero-order valence-corrected chi connectivity index (χ0v) is 12.2. The molecule has 0 unspecified atom stereocenters. The lowest BCUT2D eigenvalue weighted by Crippen LogP contribution is -2.19. The fraction of sp³-hybridized carbons (Fsp3) is 0.462. The summed E-state index contributed by atoms with van der Waals surface area (Å²) in [5, 5.41) is 0.519. The third-order valence-electron chi connectivity index (χ3n) is 2.79. The lowest BCUT2D eigenvalue weighted by Gasteiger charge is -2.06. The van der Waals surface area contributed by atoms with E-state index < -0.39 is 5.97 Å². The van der Waals surface area contributed by atoms with Crippen LogP contribution in [0.4, 0.5) is 0 Å². The molecule has 2 aromatic heterocycles. The van der Waals surface area contributed by atoms with E-state index in [1.165, 1.54) is 22.2 Å². The van der Waals surface area contributed by atoms with Gasteiger partial charge in [0.2, 0.25) is 0 Å². The standard InChI is InChI=1S/C13H16N2O3S/c1-5-15-6-14-11-9(12(15)16)8(4)10(19-11)13(17)18-7(2)3/h6-7H,5H2,1-4H3. The normalized spacial score (nSPS) is 11.2. The minimum Gasteiger partial charge on any atom is -0.459 e. The van der Waals surface area contributed by atoms with Gasteiger partial charge in [0, 0.05) is 6.54 Å². The predicted molar refractivity (Wildman–Crippen MR) is 74.8 cm³/mol. The first kappa shape index (κ1) is 13.7. The molecule has 0 fully saturated rings. The lowest BCUT2D eigenvalue weighted by atomic mass is 10.2. The molecule has 5 nitrogen and oxygen atoms in total. The largest absolute Gasteiger partial charge is 0.459 e. The average molecular weight is 280 g/mol. The van der Waals surface area contributed by atoms with Crippen molar-refractivity contribution in [3.63, 3.8) is 0 Å². The Hall–Kier alpha value is -1.69. The molecule has 6 heteroatoms. The number of nitrogens with zero attached hydrogens (tertiary/aromatic N) is 2. The molecule has 2 heterocycles. The fourth-order valence-corrected chi connectivity index (χ4v) is 2.87. The van der Waals surface area contributed by atoms with Crippen LogP contribution in [0.25, 0.3) is 10.2 Å². The van der Waals surface area contributed by atoms with Crippen LogP contribution in [0.15, 0.2) is 11.1 Å². The minimum atomic E-state index is -0.391. The van der Waals surface area contributed by atoms with Crippen LogP contribution in [-0.2, 0) is 11.3 Å². The molecule has 2 rings (SSSR count). The maximum Gasteiger partial charge on any atom is 0.348 e. The number of aryl methyl sites for hydroxylation is 2. The zero-order chi connectivity index (χ0) is 14.2. The van der Waals surface area contributed by atoms with Gasteiger partial charge in [0.1, 0.15) is 9.71 Å². The summed E-state index contributed by atoms with van der Waals surface area (Å²) >= 11 is 1.21. The highest BCUT2D eigenvalue weighted by molar-refractivity contribution is 7.20. The summed E-state index contributed by atoms with van der Waals surface area (Å²) in [5.74, 6) is -0.391. The third kappa shape index (κ3) is 2.40. The first-order valence-corrected chi connectivity index (χ1v) is 6.96. The van der Waals surface area contributed by atoms with E-state index in [9.17, 15) is 9.59 Å². The van der Waals surface area contributed by atoms with E-state index in [0.717, 1.165) is 0 Å². The number of hydrogen-bond donors (Lipinski definition) is 0. The Morgan fingerprint density at radius 2 is 2.21 bits per heavy atom. The van der Waals surface area contributed by atoms with Gasteiger partial charge >= 0.3 is 5.97 Å². The highest BCUT2D eigenvalue weighted by Gasteiger charge is 2.20. The van der Waals surface area contributed by atoms with Gasteiger partial charge < -0.3 is 4.74 Å². The van der Waals surface area contributed by atoms with Crippen LogP contribution in [0.1, 0.15) is 36.0 Å². The summed E-state index contributed by atoms with van der Waals surface area (Å²) in [5.41, 5.74) is 0.552. The zero-order valence-electron chi connectivity index (χ0n) is 11.4. The van der Waals surface area contributed by atoms with Crippen LogP contribution in [0.2, 0.25) is 0 Å². The molecule has 0 atom stereocenters. The van der Waals surface area contributed by atoms with Crippen molar-refractivity contribution in [1.82, 2.24) is 9.55 Å². The predicted octanol–water partition coefficient (Wildman–Crippen LogP) is 2.35. The molecule has 0 N–H and O–H groups in total. The Morgan fingerprint density at radius 1 is 1.53 bits per heavy atom. The Bertz CT molecular complexity index is 685. The van der Waals surface area contributed by atoms with Gasteiger partial charge in [0.15, 0.2) is 0 Å². The van der Waals surface area contributed by atoms with Crippen LogP contribution in [0, 0.1) is 6.92 Å². The molecule has 0 radical (unpaired) electrons. The maximum absolute atomic E-state index is 12.2. The molecule has 0 spiro atoms. The monoisotopic (exact) mass is 280 g/mol. The van der Waals surface area contributed by atoms with Gasteiger partial charge in [-0.15, -0.1) is 11.3 Å². The van der Waals surface area contributed by atoms with Crippen molar-refractivity contribution in [3.8, 4) is 0 Å². The van der Waals surface area contributed by atoms with E-state index in [2.05, 4.69) is 4.98 Å². The van der Waals surface area contributed by atoms with Gasteiger partial charge in [-0.25, -0.2) is 9.78 Å². The highest BCUT2D eigenvalue weighted by atomic mass is 32.1. The van der Waals surface area contributed by atoms with Gasteiger partial charge in [-0.1, -0.05) is 0 Å². The van der Waals surface area contributed by atoms with Crippen LogP contribution < -0.4 is 5.56 Å². The Kier molecular flexibility index (Phi) is 3.71. The van der Waals surface area contributed by atoms with E-state index in [1.54, 1.807) is 20.8 Å². The smallest absolute Gasteiger partial charge is 0.348 e. The van der Waals surface area contributed by atoms with Gasteiger partial charge in [0.25, 0.3) is 5.56 Å². The number of rotatable bonds is 3. The van der Waals surface area contributed by atoms with Crippen molar-refractivity contribution in [2.24, 2.45) is 0 Å². The van der Waals surface area contributed by atoms with Crippen molar-refractivity contribution in [3.05, 3.63) is 27.1 Å². The fourth-order valence-electron chi connectivity index (χ4n) is 1.85. The molecular weight excluding hydrogens is 264 g/mol. The number of carbonyl (C=O) groups excluding carboxylic acids is 1. The van der Waals surface area contributed by atoms with Gasteiger partial charge in [-0.3, -0.25) is 9.36 Å². The number of aromatic nitrogens is 2. The van der Waals surface area contributed by atoms with Crippen molar-refractivity contribution in [1.29, 1.82) is 0 Å². The van der Waals surface area contributed by atoms with Crippen molar-refractivity contribution < 1.29 is 9.53 Å². The second-order valence-electron chi connectivity index (χ2n) is 4.53. The van der Waals surface area contributed by atoms with E-state index in [4.69, 9.17) is 4.74 Å². The molecule has 0 aliphatic rings. The molecule has 0 bridgehead atoms. The Morgan fingerprint density at radius 3 is 2.79 bits per heavy atom. The number of hydrogen-bond acceptors (Lipinski definition) is 5. The molecule has 0 aliphatic carbocycles. The molecule has 102 valence electrons. The number of ether oxygens (including phenoxy) is 1. The van der Waals surface area contributed by atoms with Crippen LogP contribution in [0.3, 0.4) is 0 Å². The van der Waals surface area contributed by atoms with Gasteiger partial charge in [-0.05, 0) is 33.3 Å². The number of fused-ring (bicyclic) bond motifs is 1. The Labute approximate surface area is 114 Å². The van der Waals surface area contributed by atoms with Gasteiger partial charge in [0.05, 0.1) is 17.8 Å². The number of thiophene rings is 1. The molecule has 0 saturated carbocycles. The number of esters is 1. The molecule has 0 amide bonds. The first-order valence-electron chi connectivity index (χ1n) is 6.15. The molecule has 2 aromatic rings. The number of carbonyl (C=O) groups is 1. The van der Waals surface area contributed by atoms with E-state index in [-0.39, 0.29) is 11.7 Å². The SMILES string of the molecule is CCn1cnc2sc(C(=O)OC(C)C)c(C)c2c1=O. The molecule has 0 aromatic carbocycles. The lowest BCUT2D eigenvalue weighted by molar-refractivity contribution is 0.0383. The summed E-state index contributed by atoms with van der Waals surface area (Å²) in [6, 6.07) is 0. The second-order valence-corrected chi connectivity index (χ2v) is 5.53. The summed E-state index contributed by atoms with van der Waals surface area (Å²) in [7, 11) is 0. The summed E-state index contributed by atoms with van der Waals surface area (Å²) < 4.78 is 6.71. The van der Waals surface area contributed by atoms with Gasteiger partial charge in [-0.2, -0.15) is 0 Å². The maximum atomic E-state index is 12.2. The first-order chi connectivity index (χ1) is 8.95. The molecular formula is C13H16N2O3S. The van der Waals surface area contributed by atoms with E-state index >= 15 is 0 Å². The highest BCUT2D eigenvalue weighted by Crippen LogP contribution is 2.27. The van der Waals surface area contributed by atoms with Crippen LogP contribution in [-0.4, -0.2) is 21.6 Å². The van der Waals surface area contributed by atoms with Crippen LogP contribution in [0.5, 0.6) is 0 Å². The van der Waals surface area contributed by atoms with E-state index in [1.807, 2.05) is 6.92 Å². The average Bonchev–Trinajstić information content (AvgIpc) is 2.67. The summed E-state index contributed by atoms with van der Waals surface area (Å²) in [6.07, 6.45) is 1.33. The molecule has 0 saturated heterocycles. The molecule has 0 aliphatic heterocycles. The second kappa shape index (κ2) is 5.13. The third-order valence-corrected chi connectivity index (χ3v) is 3.97. The topological polar surface area (TPSA) is 61.2 Å². The van der Waals surface area contributed by atoms with Crippen molar-refractivity contribution in [2.75, 3.05) is 0 Å². The summed E-state index contributed by atoms with van der Waals surface area (Å²) in [6.45, 7) is 7.79. The molecule has 19 heavy (non-hydrogen) atoms. The van der Waals surface area contributed by atoms with E-state index in [0.29, 0.717) is 27.2 Å². The quantitative estimate of drug-likeness (QED) is 0.810. The Balaban J connectivity index is 2.61. The minimum absolute atomic E-state index is 0.107. The summed E-state index contributed by atoms with van der Waals surface area (Å²) in [4.78, 5) is 29.5. The van der Waals surface area contributed by atoms with Crippen molar-refractivity contribution >= 4 is 27.5 Å². The van der Waals surface area contributed by atoms with Crippen LogP contribution >= 0.6 is 11.3 Å². The van der Waals surface area contributed by atoms with Crippen molar-refractivity contribution in [2.45, 2.75) is 40.3 Å².